The molecule has 0 amide bonds. The van der Waals surface area contributed by atoms with Crippen LogP contribution in [0.25, 0.3) is 0 Å². The van der Waals surface area contributed by atoms with E-state index in [2.05, 4.69) is 5.32 Å². The van der Waals surface area contributed by atoms with E-state index in [1.807, 2.05) is 6.26 Å². The highest BCUT2D eigenvalue weighted by atomic mass is 32.2. The van der Waals surface area contributed by atoms with Crippen LogP contribution in [0.5, 0.6) is 0 Å². The van der Waals surface area contributed by atoms with Crippen molar-refractivity contribution in [2.45, 2.75) is 17.6 Å². The maximum absolute atomic E-state index is 13.6. The van der Waals surface area contributed by atoms with Gasteiger partial charge >= 0.3 is 0 Å². The van der Waals surface area contributed by atoms with E-state index in [0.29, 0.717) is 6.54 Å². The van der Waals surface area contributed by atoms with Crippen molar-refractivity contribution in [1.82, 2.24) is 0 Å². The van der Waals surface area contributed by atoms with Crippen molar-refractivity contribution >= 4 is 17.4 Å². The van der Waals surface area contributed by atoms with E-state index in [-0.39, 0.29) is 16.0 Å². The molecule has 0 saturated heterocycles. The number of halogens is 2. The third-order valence-corrected chi connectivity index (χ3v) is 4.46. The Morgan fingerprint density at radius 1 is 1.41 bits per heavy atom. The fourth-order valence-electron chi connectivity index (χ4n) is 1.62. The smallest absolute Gasteiger partial charge is 0.183 e. The van der Waals surface area contributed by atoms with Gasteiger partial charge in [0.1, 0.15) is 6.07 Å². The third-order valence-electron chi connectivity index (χ3n) is 3.04. The molecular weight excluding hydrogens is 242 g/mol. The van der Waals surface area contributed by atoms with E-state index in [1.54, 1.807) is 17.8 Å². The molecule has 0 bridgehead atoms. The third kappa shape index (κ3) is 2.37. The number of nitrogens with zero attached hydrogens (tertiary/aromatic N) is 1. The summed E-state index contributed by atoms with van der Waals surface area (Å²) in [6, 6.07) is 4.31. The molecule has 1 aliphatic carbocycles. The number of thioether (sulfide) groups is 1. The molecule has 0 radical (unpaired) electrons. The highest BCUT2D eigenvalue weighted by Gasteiger charge is 2.41. The molecule has 1 aromatic carbocycles. The van der Waals surface area contributed by atoms with Crippen LogP contribution in [-0.2, 0) is 0 Å². The summed E-state index contributed by atoms with van der Waals surface area (Å²) >= 11 is 1.74. The maximum atomic E-state index is 13.6. The molecule has 1 N–H and O–H groups in total. The average molecular weight is 254 g/mol. The molecule has 5 heteroatoms. The van der Waals surface area contributed by atoms with Crippen molar-refractivity contribution in [3.8, 4) is 6.07 Å². The molecule has 2 nitrogen and oxygen atoms in total. The Labute approximate surface area is 103 Å². The van der Waals surface area contributed by atoms with Crippen LogP contribution in [0, 0.1) is 23.0 Å². The first-order valence-electron chi connectivity index (χ1n) is 5.29. The summed E-state index contributed by atoms with van der Waals surface area (Å²) in [4.78, 5) is 0. The first-order valence-corrected chi connectivity index (χ1v) is 6.51. The highest BCUT2D eigenvalue weighted by molar-refractivity contribution is 8.00. The highest BCUT2D eigenvalue weighted by Crippen LogP contribution is 2.47. The van der Waals surface area contributed by atoms with Gasteiger partial charge in [0.25, 0.3) is 0 Å². The standard InChI is InChI=1S/C12H12F2N2S/c1-17-12(4-5-12)7-16-9-3-2-8(6-15)10(13)11(9)14/h2-3,16H,4-5,7H2,1H3. The molecule has 1 saturated carbocycles. The molecule has 0 aromatic heterocycles. The van der Waals surface area contributed by atoms with Gasteiger partial charge in [-0.1, -0.05) is 0 Å². The van der Waals surface area contributed by atoms with Crippen LogP contribution in [0.1, 0.15) is 18.4 Å². The number of nitrogens with one attached hydrogen (secondary N) is 1. The number of hydrogen-bond donors (Lipinski definition) is 1. The van der Waals surface area contributed by atoms with Gasteiger partial charge in [0.15, 0.2) is 11.6 Å². The molecule has 0 heterocycles. The molecule has 1 fully saturated rings. The summed E-state index contributed by atoms with van der Waals surface area (Å²) in [5, 5.41) is 11.5. The molecule has 90 valence electrons. The van der Waals surface area contributed by atoms with Crippen molar-refractivity contribution in [2.75, 3.05) is 18.1 Å². The van der Waals surface area contributed by atoms with Gasteiger partial charge in [-0.05, 0) is 31.2 Å². The van der Waals surface area contributed by atoms with Gasteiger partial charge in [0.05, 0.1) is 11.3 Å². The first kappa shape index (κ1) is 12.2. The van der Waals surface area contributed by atoms with Gasteiger partial charge in [-0.3, -0.25) is 0 Å². The van der Waals surface area contributed by atoms with Crippen LogP contribution in [0.4, 0.5) is 14.5 Å². The minimum Gasteiger partial charge on any atom is -0.381 e. The minimum atomic E-state index is -1.08. The summed E-state index contributed by atoms with van der Waals surface area (Å²) in [5.41, 5.74) is -0.138. The van der Waals surface area contributed by atoms with Crippen LogP contribution < -0.4 is 5.32 Å². The Hall–Kier alpha value is -1.28. The summed E-state index contributed by atoms with van der Waals surface area (Å²) < 4.78 is 27.1. The zero-order chi connectivity index (χ0) is 12.5. The van der Waals surface area contributed by atoms with Crippen molar-refractivity contribution < 1.29 is 8.78 Å². The largest absolute Gasteiger partial charge is 0.381 e. The summed E-state index contributed by atoms with van der Waals surface area (Å²) in [6.07, 6.45) is 4.22. The summed E-state index contributed by atoms with van der Waals surface area (Å²) in [7, 11) is 0. The minimum absolute atomic E-state index is 0.127. The topological polar surface area (TPSA) is 35.8 Å². The molecule has 1 aromatic rings. The SMILES string of the molecule is CSC1(CNc2ccc(C#N)c(F)c2F)CC1. The fourth-order valence-corrected chi connectivity index (χ4v) is 2.35. The van der Waals surface area contributed by atoms with Crippen LogP contribution >= 0.6 is 11.8 Å². The predicted octanol–water partition coefficient (Wildman–Crippen LogP) is 3.14. The number of rotatable bonds is 4. The normalized spacial score (nSPS) is 16.4. The number of hydrogen-bond acceptors (Lipinski definition) is 3. The molecule has 0 unspecified atom stereocenters. The van der Waals surface area contributed by atoms with Crippen LogP contribution in [0.3, 0.4) is 0 Å². The second-order valence-corrected chi connectivity index (χ2v) is 5.42. The maximum Gasteiger partial charge on any atom is 0.183 e. The first-order chi connectivity index (χ1) is 8.12. The van der Waals surface area contributed by atoms with Gasteiger partial charge in [-0.15, -0.1) is 0 Å². The fraction of sp³-hybridized carbons (Fsp3) is 0.417. The molecule has 0 aliphatic heterocycles. The van der Waals surface area contributed by atoms with Gasteiger partial charge < -0.3 is 5.32 Å². The molecule has 1 aliphatic rings. The molecular formula is C12H12F2N2S. The monoisotopic (exact) mass is 254 g/mol. The van der Waals surface area contributed by atoms with Crippen molar-refractivity contribution in [3.63, 3.8) is 0 Å². The van der Waals surface area contributed by atoms with E-state index in [9.17, 15) is 8.78 Å². The van der Waals surface area contributed by atoms with Crippen LogP contribution in [0.15, 0.2) is 12.1 Å². The molecule has 0 atom stereocenters. The summed E-state index contributed by atoms with van der Waals surface area (Å²) in [5.74, 6) is -2.05. The van der Waals surface area contributed by atoms with Crippen molar-refractivity contribution in [3.05, 3.63) is 29.3 Å². The van der Waals surface area contributed by atoms with Crippen LogP contribution in [0.2, 0.25) is 0 Å². The number of nitriles is 1. The van der Waals surface area contributed by atoms with Crippen molar-refractivity contribution in [2.24, 2.45) is 0 Å². The van der Waals surface area contributed by atoms with Gasteiger partial charge in [-0.25, -0.2) is 8.78 Å². The second-order valence-electron chi connectivity index (χ2n) is 4.14. The Morgan fingerprint density at radius 2 is 2.12 bits per heavy atom. The molecule has 17 heavy (non-hydrogen) atoms. The Morgan fingerprint density at radius 3 is 2.65 bits per heavy atom. The lowest BCUT2D eigenvalue weighted by molar-refractivity contribution is 0.508. The van der Waals surface area contributed by atoms with E-state index >= 15 is 0 Å². The van der Waals surface area contributed by atoms with Gasteiger partial charge in [-0.2, -0.15) is 17.0 Å². The van der Waals surface area contributed by atoms with E-state index in [1.165, 1.54) is 12.1 Å². The lowest BCUT2D eigenvalue weighted by Gasteiger charge is -2.14. The Kier molecular flexibility index (Phi) is 3.25. The van der Waals surface area contributed by atoms with E-state index in [4.69, 9.17) is 5.26 Å². The predicted molar refractivity (Wildman–Crippen MR) is 65.0 cm³/mol. The number of anilines is 1. The van der Waals surface area contributed by atoms with E-state index in [0.717, 1.165) is 12.8 Å². The molecule has 0 spiro atoms. The molecule has 2 rings (SSSR count). The van der Waals surface area contributed by atoms with Crippen molar-refractivity contribution in [1.29, 1.82) is 5.26 Å². The zero-order valence-electron chi connectivity index (χ0n) is 9.39. The quantitative estimate of drug-likeness (QED) is 0.896. The Bertz CT molecular complexity index is 478. The van der Waals surface area contributed by atoms with Crippen LogP contribution in [-0.4, -0.2) is 17.5 Å². The zero-order valence-corrected chi connectivity index (χ0v) is 10.2. The van der Waals surface area contributed by atoms with Gasteiger partial charge in [0.2, 0.25) is 0 Å². The second kappa shape index (κ2) is 4.53. The average Bonchev–Trinajstić information content (AvgIpc) is 3.12. The summed E-state index contributed by atoms with van der Waals surface area (Å²) in [6.45, 7) is 0.621. The Balaban J connectivity index is 2.12. The van der Waals surface area contributed by atoms with E-state index < -0.39 is 11.6 Å². The lowest BCUT2D eigenvalue weighted by Crippen LogP contribution is -2.18. The lowest BCUT2D eigenvalue weighted by atomic mass is 10.2. The number of benzene rings is 1. The van der Waals surface area contributed by atoms with Gasteiger partial charge in [0, 0.05) is 11.3 Å².